The van der Waals surface area contributed by atoms with Crippen molar-refractivity contribution in [1.29, 1.82) is 0 Å². The predicted molar refractivity (Wildman–Crippen MR) is 130 cm³/mol. The van der Waals surface area contributed by atoms with Gasteiger partial charge in [0.15, 0.2) is 0 Å². The third-order valence-electron chi connectivity index (χ3n) is 5.22. The Morgan fingerprint density at radius 3 is 1.94 bits per heavy atom. The number of carbonyl (C=O) groups is 2. The van der Waals surface area contributed by atoms with Crippen LogP contribution in [0.5, 0.6) is 0 Å². The molecule has 1 N–H and O–H groups in total. The molecule has 0 aliphatic carbocycles. The summed E-state index contributed by atoms with van der Waals surface area (Å²) in [6.07, 6.45) is 0.732. The first kappa shape index (κ1) is 23.8. The van der Waals surface area contributed by atoms with Gasteiger partial charge >= 0.3 is 0 Å². The third kappa shape index (κ3) is 6.84. The average Bonchev–Trinajstić information content (AvgIpc) is 2.82. The molecule has 0 aliphatic rings. The molecule has 32 heavy (non-hydrogen) atoms. The number of nitrogens with one attached hydrogen (secondary N) is 1. The molecule has 0 spiro atoms. The van der Waals surface area contributed by atoms with Crippen LogP contribution in [0.25, 0.3) is 0 Å². The molecule has 0 unspecified atom stereocenters. The fourth-order valence-electron chi connectivity index (χ4n) is 3.45. The minimum atomic E-state index is -0.646. The van der Waals surface area contributed by atoms with E-state index < -0.39 is 6.04 Å². The van der Waals surface area contributed by atoms with Crippen LogP contribution >= 0.6 is 23.2 Å². The van der Waals surface area contributed by atoms with Gasteiger partial charge in [-0.2, -0.15) is 0 Å². The minimum Gasteiger partial charge on any atom is -0.350 e. The number of rotatable bonds is 9. The molecule has 0 fully saturated rings. The van der Waals surface area contributed by atoms with Crippen LogP contribution in [0.2, 0.25) is 10.0 Å². The van der Waals surface area contributed by atoms with Crippen LogP contribution < -0.4 is 5.32 Å². The summed E-state index contributed by atoms with van der Waals surface area (Å²) in [4.78, 5) is 27.9. The first-order valence-electron chi connectivity index (χ1n) is 10.6. The van der Waals surface area contributed by atoms with Crippen molar-refractivity contribution in [2.24, 2.45) is 0 Å². The van der Waals surface area contributed by atoms with E-state index in [1.54, 1.807) is 29.2 Å². The lowest BCUT2D eigenvalue weighted by atomic mass is 10.0. The Morgan fingerprint density at radius 2 is 1.38 bits per heavy atom. The molecule has 0 aliphatic heterocycles. The van der Waals surface area contributed by atoms with Gasteiger partial charge in [-0.3, -0.25) is 9.59 Å². The Kier molecular flexibility index (Phi) is 8.72. The van der Waals surface area contributed by atoms with Gasteiger partial charge in [0.05, 0.1) is 0 Å². The molecule has 0 radical (unpaired) electrons. The molecular formula is C26H26Cl2N2O2. The van der Waals surface area contributed by atoms with E-state index in [0.717, 1.165) is 16.7 Å². The molecule has 0 aromatic heterocycles. The van der Waals surface area contributed by atoms with E-state index in [2.05, 4.69) is 5.32 Å². The van der Waals surface area contributed by atoms with Gasteiger partial charge in [-0.1, -0.05) is 84.7 Å². The maximum absolute atomic E-state index is 13.3. The molecule has 3 aromatic carbocycles. The van der Waals surface area contributed by atoms with Crippen molar-refractivity contribution in [3.8, 4) is 0 Å². The molecule has 0 saturated heterocycles. The van der Waals surface area contributed by atoms with E-state index >= 15 is 0 Å². The van der Waals surface area contributed by atoms with Crippen molar-refractivity contribution in [3.63, 3.8) is 0 Å². The topological polar surface area (TPSA) is 49.4 Å². The fraction of sp³-hybridized carbons (Fsp3) is 0.231. The largest absolute Gasteiger partial charge is 0.350 e. The highest BCUT2D eigenvalue weighted by molar-refractivity contribution is 6.30. The van der Waals surface area contributed by atoms with Gasteiger partial charge in [0, 0.05) is 36.0 Å². The van der Waals surface area contributed by atoms with Gasteiger partial charge in [-0.05, 0) is 41.0 Å². The highest BCUT2D eigenvalue weighted by Gasteiger charge is 2.29. The van der Waals surface area contributed by atoms with Crippen LogP contribution in [0.15, 0.2) is 78.9 Å². The Morgan fingerprint density at radius 1 is 0.812 bits per heavy atom. The van der Waals surface area contributed by atoms with Gasteiger partial charge in [-0.25, -0.2) is 0 Å². The second-order valence-corrected chi connectivity index (χ2v) is 8.42. The zero-order chi connectivity index (χ0) is 22.9. The molecule has 0 heterocycles. The number of nitrogens with zero attached hydrogens (tertiary/aromatic N) is 1. The molecule has 2 amide bonds. The molecule has 0 saturated carbocycles. The number of hydrogen-bond acceptors (Lipinski definition) is 2. The quantitative estimate of drug-likeness (QED) is 0.440. The average molecular weight is 469 g/mol. The van der Waals surface area contributed by atoms with Crippen molar-refractivity contribution < 1.29 is 9.59 Å². The van der Waals surface area contributed by atoms with E-state index in [0.29, 0.717) is 36.0 Å². The Labute approximate surface area is 199 Å². The maximum atomic E-state index is 13.3. The SMILES string of the molecule is CCC(=O)N(Cc1ccc(Cl)cc1)[C@@H](Cc1ccccc1)C(=O)NCc1ccc(Cl)cc1. The maximum Gasteiger partial charge on any atom is 0.243 e. The summed E-state index contributed by atoms with van der Waals surface area (Å²) in [5.41, 5.74) is 2.84. The predicted octanol–water partition coefficient (Wildman–Crippen LogP) is 5.66. The van der Waals surface area contributed by atoms with Gasteiger partial charge in [-0.15, -0.1) is 0 Å². The van der Waals surface area contributed by atoms with Crippen LogP contribution in [0.3, 0.4) is 0 Å². The summed E-state index contributed by atoms with van der Waals surface area (Å²) in [6.45, 7) is 2.49. The number of halogens is 2. The zero-order valence-electron chi connectivity index (χ0n) is 17.9. The zero-order valence-corrected chi connectivity index (χ0v) is 19.4. The molecular weight excluding hydrogens is 443 g/mol. The summed E-state index contributed by atoms with van der Waals surface area (Å²) in [6, 6.07) is 23.8. The Bertz CT molecular complexity index is 1020. The van der Waals surface area contributed by atoms with Crippen LogP contribution in [0.4, 0.5) is 0 Å². The third-order valence-corrected chi connectivity index (χ3v) is 5.72. The summed E-state index contributed by atoms with van der Waals surface area (Å²) in [5.74, 6) is -0.276. The van der Waals surface area contributed by atoms with E-state index in [4.69, 9.17) is 23.2 Å². The number of amides is 2. The van der Waals surface area contributed by atoms with Gasteiger partial charge in [0.1, 0.15) is 6.04 Å². The van der Waals surface area contributed by atoms with Gasteiger partial charge in [0.25, 0.3) is 0 Å². The standard InChI is InChI=1S/C26H26Cl2N2O2/c1-2-25(31)30(18-21-10-14-23(28)15-11-21)24(16-19-6-4-3-5-7-19)26(32)29-17-20-8-12-22(27)13-9-20/h3-15,24H,2,16-18H2,1H3,(H,29,32)/t24-/m0/s1. The molecule has 3 aromatic rings. The lowest BCUT2D eigenvalue weighted by molar-refractivity contribution is -0.141. The van der Waals surface area contributed by atoms with Crippen LogP contribution in [0, 0.1) is 0 Å². The lowest BCUT2D eigenvalue weighted by Gasteiger charge is -2.31. The Hall–Kier alpha value is -2.82. The fourth-order valence-corrected chi connectivity index (χ4v) is 3.70. The number of hydrogen-bond donors (Lipinski definition) is 1. The Balaban J connectivity index is 1.84. The molecule has 0 bridgehead atoms. The summed E-state index contributed by atoms with van der Waals surface area (Å²) >= 11 is 12.0. The first-order chi connectivity index (χ1) is 15.5. The first-order valence-corrected chi connectivity index (χ1v) is 11.3. The van der Waals surface area contributed by atoms with Crippen molar-refractivity contribution in [2.45, 2.75) is 38.9 Å². The van der Waals surface area contributed by atoms with Crippen LogP contribution in [-0.4, -0.2) is 22.8 Å². The van der Waals surface area contributed by atoms with Gasteiger partial charge in [0.2, 0.25) is 11.8 Å². The summed E-state index contributed by atoms with van der Waals surface area (Å²) in [5, 5.41) is 4.27. The molecule has 4 nitrogen and oxygen atoms in total. The van der Waals surface area contributed by atoms with Crippen LogP contribution in [-0.2, 0) is 29.1 Å². The summed E-state index contributed by atoms with van der Waals surface area (Å²) < 4.78 is 0. The lowest BCUT2D eigenvalue weighted by Crippen LogP contribution is -2.50. The van der Waals surface area contributed by atoms with Crippen molar-refractivity contribution in [3.05, 3.63) is 106 Å². The molecule has 3 rings (SSSR count). The second-order valence-electron chi connectivity index (χ2n) is 7.55. The van der Waals surface area contributed by atoms with Crippen molar-refractivity contribution >= 4 is 35.0 Å². The monoisotopic (exact) mass is 468 g/mol. The van der Waals surface area contributed by atoms with E-state index in [-0.39, 0.29) is 11.8 Å². The smallest absolute Gasteiger partial charge is 0.243 e. The van der Waals surface area contributed by atoms with E-state index in [1.807, 2.05) is 61.5 Å². The highest BCUT2D eigenvalue weighted by Crippen LogP contribution is 2.18. The molecule has 6 heteroatoms. The summed E-state index contributed by atoms with van der Waals surface area (Å²) in [7, 11) is 0. The van der Waals surface area contributed by atoms with Crippen molar-refractivity contribution in [2.75, 3.05) is 0 Å². The van der Waals surface area contributed by atoms with Gasteiger partial charge < -0.3 is 10.2 Å². The molecule has 166 valence electrons. The highest BCUT2D eigenvalue weighted by atomic mass is 35.5. The van der Waals surface area contributed by atoms with Crippen LogP contribution in [0.1, 0.15) is 30.0 Å². The number of carbonyl (C=O) groups excluding carboxylic acids is 2. The number of benzene rings is 3. The van der Waals surface area contributed by atoms with E-state index in [9.17, 15) is 9.59 Å². The second kappa shape index (κ2) is 11.7. The van der Waals surface area contributed by atoms with Crippen molar-refractivity contribution in [1.82, 2.24) is 10.2 Å². The normalized spacial score (nSPS) is 11.6. The molecule has 1 atom stereocenters. The van der Waals surface area contributed by atoms with E-state index in [1.165, 1.54) is 0 Å². The minimum absolute atomic E-state index is 0.0810.